The number of nitrogens with zero attached hydrogens (tertiary/aromatic N) is 2. The first-order valence-electron chi connectivity index (χ1n) is 8.16. The van der Waals surface area contributed by atoms with Gasteiger partial charge in [0.25, 0.3) is 0 Å². The smallest absolute Gasteiger partial charge is 0.321 e. The predicted molar refractivity (Wildman–Crippen MR) is 103 cm³/mol. The van der Waals surface area contributed by atoms with Gasteiger partial charge in [0.1, 0.15) is 0 Å². The van der Waals surface area contributed by atoms with Crippen LogP contribution in [0.4, 0.5) is 16.2 Å². The number of carbonyl (C=O) groups excluding carboxylic acids is 1. The van der Waals surface area contributed by atoms with Crippen molar-refractivity contribution >= 4 is 33.3 Å². The molecule has 0 bridgehead atoms. The Morgan fingerprint density at radius 2 is 1.67 bits per heavy atom. The van der Waals surface area contributed by atoms with Crippen molar-refractivity contribution < 1.29 is 4.79 Å². The van der Waals surface area contributed by atoms with Crippen LogP contribution >= 0.6 is 15.9 Å². The van der Waals surface area contributed by atoms with E-state index in [1.54, 1.807) is 0 Å². The van der Waals surface area contributed by atoms with Crippen molar-refractivity contribution in [1.29, 1.82) is 0 Å². The molecule has 1 heterocycles. The number of amides is 2. The fraction of sp³-hybridized carbons (Fsp3) is 0.316. The third-order valence-corrected chi connectivity index (χ3v) is 4.89. The van der Waals surface area contributed by atoms with Gasteiger partial charge in [-0.2, -0.15) is 0 Å². The molecular weight excluding hydrogens is 366 g/mol. The summed E-state index contributed by atoms with van der Waals surface area (Å²) in [5, 5.41) is 3.02. The first-order valence-corrected chi connectivity index (χ1v) is 8.96. The second-order valence-electron chi connectivity index (χ2n) is 6.20. The number of benzene rings is 2. The van der Waals surface area contributed by atoms with Crippen molar-refractivity contribution in [3.05, 3.63) is 58.1 Å². The van der Waals surface area contributed by atoms with Crippen molar-refractivity contribution in [2.75, 3.05) is 36.4 Å². The largest absolute Gasteiger partial charge is 0.368 e. The Balaban J connectivity index is 1.58. The Bertz CT molecular complexity index is 722. The molecule has 0 radical (unpaired) electrons. The van der Waals surface area contributed by atoms with E-state index >= 15 is 0 Å². The number of aryl methyl sites for hydroxylation is 2. The number of anilines is 2. The van der Waals surface area contributed by atoms with Crippen LogP contribution < -0.4 is 10.2 Å². The van der Waals surface area contributed by atoms with Gasteiger partial charge in [0.2, 0.25) is 0 Å². The minimum atomic E-state index is -0.0241. The lowest BCUT2D eigenvalue weighted by molar-refractivity contribution is 0.208. The Morgan fingerprint density at radius 3 is 2.29 bits per heavy atom. The fourth-order valence-corrected chi connectivity index (χ4v) is 3.36. The fourth-order valence-electron chi connectivity index (χ4n) is 2.88. The number of hydrogen-bond acceptors (Lipinski definition) is 2. The lowest BCUT2D eigenvalue weighted by Crippen LogP contribution is -2.50. The molecule has 2 aromatic carbocycles. The van der Waals surface area contributed by atoms with Crippen LogP contribution in [0.25, 0.3) is 0 Å². The molecule has 126 valence electrons. The predicted octanol–water partition coefficient (Wildman–Crippen LogP) is 4.42. The van der Waals surface area contributed by atoms with Crippen molar-refractivity contribution in [1.82, 2.24) is 4.90 Å². The van der Waals surface area contributed by atoms with Crippen molar-refractivity contribution in [3.8, 4) is 0 Å². The zero-order chi connectivity index (χ0) is 17.1. The highest BCUT2D eigenvalue weighted by Crippen LogP contribution is 2.21. The molecule has 0 aliphatic carbocycles. The SMILES string of the molecule is Cc1ccc(N2CCN(C(=O)Nc3ccc(Br)cc3C)CC2)cc1. The molecule has 1 fully saturated rings. The number of carbonyl (C=O) groups is 1. The van der Waals surface area contributed by atoms with Crippen LogP contribution in [0.5, 0.6) is 0 Å². The van der Waals surface area contributed by atoms with Crippen molar-refractivity contribution in [2.24, 2.45) is 0 Å². The number of halogens is 1. The summed E-state index contributed by atoms with van der Waals surface area (Å²) in [6.45, 7) is 7.27. The van der Waals surface area contributed by atoms with E-state index < -0.39 is 0 Å². The van der Waals surface area contributed by atoms with Gasteiger partial charge in [-0.1, -0.05) is 33.6 Å². The average Bonchev–Trinajstić information content (AvgIpc) is 2.58. The van der Waals surface area contributed by atoms with E-state index in [0.717, 1.165) is 41.9 Å². The number of nitrogens with one attached hydrogen (secondary N) is 1. The summed E-state index contributed by atoms with van der Waals surface area (Å²) in [5.41, 5.74) is 4.41. The van der Waals surface area contributed by atoms with Gasteiger partial charge in [0.05, 0.1) is 0 Å². The van der Waals surface area contributed by atoms with Crippen LogP contribution in [0.15, 0.2) is 46.9 Å². The third-order valence-electron chi connectivity index (χ3n) is 4.40. The number of rotatable bonds is 2. The number of hydrogen-bond donors (Lipinski definition) is 1. The summed E-state index contributed by atoms with van der Waals surface area (Å²) >= 11 is 3.44. The number of urea groups is 1. The van der Waals surface area contributed by atoms with Gasteiger partial charge in [0.15, 0.2) is 0 Å². The minimum absolute atomic E-state index is 0.0241. The lowest BCUT2D eigenvalue weighted by atomic mass is 10.2. The quantitative estimate of drug-likeness (QED) is 0.827. The van der Waals surface area contributed by atoms with Gasteiger partial charge in [-0.3, -0.25) is 0 Å². The summed E-state index contributed by atoms with van der Waals surface area (Å²) < 4.78 is 1.02. The molecule has 0 saturated carbocycles. The Morgan fingerprint density at radius 1 is 1.00 bits per heavy atom. The van der Waals surface area contributed by atoms with E-state index in [0.29, 0.717) is 0 Å². The molecule has 3 rings (SSSR count). The van der Waals surface area contributed by atoms with Gasteiger partial charge in [-0.25, -0.2) is 4.79 Å². The standard InChI is InChI=1S/C19H22BrN3O/c1-14-3-6-17(7-4-14)22-9-11-23(12-10-22)19(24)21-18-8-5-16(20)13-15(18)2/h3-8,13H,9-12H2,1-2H3,(H,21,24). The van der Waals surface area contributed by atoms with E-state index in [1.165, 1.54) is 11.3 Å². The van der Waals surface area contributed by atoms with E-state index in [1.807, 2.05) is 30.0 Å². The van der Waals surface area contributed by atoms with Gasteiger partial charge in [-0.15, -0.1) is 0 Å². The maximum absolute atomic E-state index is 12.5. The zero-order valence-electron chi connectivity index (χ0n) is 14.1. The molecule has 5 heteroatoms. The highest BCUT2D eigenvalue weighted by atomic mass is 79.9. The Kier molecular flexibility index (Phi) is 5.09. The Labute approximate surface area is 151 Å². The van der Waals surface area contributed by atoms with Crippen LogP contribution in [0.3, 0.4) is 0 Å². The second kappa shape index (κ2) is 7.26. The molecule has 2 amide bonds. The first kappa shape index (κ1) is 16.8. The molecule has 4 nitrogen and oxygen atoms in total. The topological polar surface area (TPSA) is 35.6 Å². The molecule has 0 aromatic heterocycles. The monoisotopic (exact) mass is 387 g/mol. The van der Waals surface area contributed by atoms with E-state index in [-0.39, 0.29) is 6.03 Å². The average molecular weight is 388 g/mol. The molecule has 1 aliphatic heterocycles. The highest BCUT2D eigenvalue weighted by molar-refractivity contribution is 9.10. The van der Waals surface area contributed by atoms with Crippen LogP contribution in [0.1, 0.15) is 11.1 Å². The maximum atomic E-state index is 12.5. The molecule has 0 spiro atoms. The molecule has 24 heavy (non-hydrogen) atoms. The molecule has 0 unspecified atom stereocenters. The van der Waals surface area contributed by atoms with Crippen LogP contribution in [-0.4, -0.2) is 37.1 Å². The molecule has 1 aliphatic rings. The van der Waals surface area contributed by atoms with Gasteiger partial charge in [-0.05, 0) is 49.7 Å². The second-order valence-corrected chi connectivity index (χ2v) is 7.11. The minimum Gasteiger partial charge on any atom is -0.368 e. The number of piperazine rings is 1. The molecule has 1 N–H and O–H groups in total. The Hall–Kier alpha value is -2.01. The normalized spacial score (nSPS) is 14.6. The summed E-state index contributed by atoms with van der Waals surface area (Å²) in [7, 11) is 0. The maximum Gasteiger partial charge on any atom is 0.321 e. The molecule has 1 saturated heterocycles. The molecular formula is C19H22BrN3O. The summed E-state index contributed by atoms with van der Waals surface area (Å²) in [6.07, 6.45) is 0. The summed E-state index contributed by atoms with van der Waals surface area (Å²) in [5.74, 6) is 0. The van der Waals surface area contributed by atoms with Gasteiger partial charge in [0, 0.05) is 42.0 Å². The van der Waals surface area contributed by atoms with E-state index in [9.17, 15) is 4.79 Å². The zero-order valence-corrected chi connectivity index (χ0v) is 15.6. The van der Waals surface area contributed by atoms with Gasteiger partial charge < -0.3 is 15.1 Å². The lowest BCUT2D eigenvalue weighted by Gasteiger charge is -2.36. The van der Waals surface area contributed by atoms with E-state index in [2.05, 4.69) is 57.3 Å². The van der Waals surface area contributed by atoms with Gasteiger partial charge >= 0.3 is 6.03 Å². The van der Waals surface area contributed by atoms with Crippen LogP contribution in [0.2, 0.25) is 0 Å². The first-order chi connectivity index (χ1) is 11.5. The third kappa shape index (κ3) is 3.90. The van der Waals surface area contributed by atoms with Crippen molar-refractivity contribution in [3.63, 3.8) is 0 Å². The van der Waals surface area contributed by atoms with E-state index in [4.69, 9.17) is 0 Å². The van der Waals surface area contributed by atoms with Crippen LogP contribution in [-0.2, 0) is 0 Å². The van der Waals surface area contributed by atoms with Crippen LogP contribution in [0, 0.1) is 13.8 Å². The molecule has 2 aromatic rings. The summed E-state index contributed by atoms with van der Waals surface area (Å²) in [4.78, 5) is 16.7. The summed E-state index contributed by atoms with van der Waals surface area (Å²) in [6, 6.07) is 14.4. The highest BCUT2D eigenvalue weighted by Gasteiger charge is 2.21. The molecule has 0 atom stereocenters. The van der Waals surface area contributed by atoms with Crippen molar-refractivity contribution in [2.45, 2.75) is 13.8 Å².